The molecule has 1 aliphatic carbocycles. The second kappa shape index (κ2) is 7.39. The minimum absolute atomic E-state index is 0.113. The molecule has 4 nitrogen and oxygen atoms in total. The molecule has 1 saturated heterocycles. The van der Waals surface area contributed by atoms with Crippen LogP contribution in [0.25, 0.3) is 5.57 Å². The van der Waals surface area contributed by atoms with Gasteiger partial charge in [-0.15, -0.1) is 0 Å². The highest BCUT2D eigenvalue weighted by molar-refractivity contribution is 6.23. The van der Waals surface area contributed by atoms with Crippen molar-refractivity contribution in [1.82, 2.24) is 4.90 Å². The van der Waals surface area contributed by atoms with Crippen molar-refractivity contribution in [2.75, 3.05) is 13.1 Å². The maximum Gasteiger partial charge on any atom is 0.410 e. The predicted octanol–water partition coefficient (Wildman–Crippen LogP) is 4.46. The van der Waals surface area contributed by atoms with E-state index in [2.05, 4.69) is 6.08 Å². The maximum atomic E-state index is 12.5. The van der Waals surface area contributed by atoms with Gasteiger partial charge in [-0.25, -0.2) is 4.79 Å². The van der Waals surface area contributed by atoms with Crippen molar-refractivity contribution in [3.8, 4) is 0 Å². The highest BCUT2D eigenvalue weighted by atomic mass is 16.6. The fourth-order valence-corrected chi connectivity index (χ4v) is 3.98. The van der Waals surface area contributed by atoms with Gasteiger partial charge in [0.15, 0.2) is 5.78 Å². The van der Waals surface area contributed by atoms with Crippen molar-refractivity contribution in [3.05, 3.63) is 77.9 Å². The summed E-state index contributed by atoms with van der Waals surface area (Å²) in [6, 6.07) is 19.5. The van der Waals surface area contributed by atoms with Gasteiger partial charge in [-0.05, 0) is 29.4 Å². The molecular formula is C23H23NO3. The number of benzene rings is 2. The number of amides is 1. The van der Waals surface area contributed by atoms with Gasteiger partial charge in [-0.3, -0.25) is 4.79 Å². The van der Waals surface area contributed by atoms with Gasteiger partial charge in [0, 0.05) is 25.1 Å². The Morgan fingerprint density at radius 2 is 1.59 bits per heavy atom. The van der Waals surface area contributed by atoms with E-state index in [4.69, 9.17) is 4.74 Å². The van der Waals surface area contributed by atoms with Crippen LogP contribution in [0, 0.1) is 5.41 Å². The zero-order valence-corrected chi connectivity index (χ0v) is 15.3. The van der Waals surface area contributed by atoms with Crippen molar-refractivity contribution in [2.24, 2.45) is 5.41 Å². The van der Waals surface area contributed by atoms with E-state index in [0.717, 1.165) is 29.5 Å². The van der Waals surface area contributed by atoms with E-state index in [1.807, 2.05) is 60.7 Å². The lowest BCUT2D eigenvalue weighted by atomic mass is 9.78. The molecule has 0 N–H and O–H groups in total. The number of nitrogens with zero attached hydrogens (tertiary/aromatic N) is 1. The largest absolute Gasteiger partial charge is 0.445 e. The van der Waals surface area contributed by atoms with Crippen molar-refractivity contribution in [2.45, 2.75) is 25.9 Å². The number of piperidine rings is 1. The summed E-state index contributed by atoms with van der Waals surface area (Å²) in [5.74, 6) is 0.210. The van der Waals surface area contributed by atoms with Crippen LogP contribution in [0.2, 0.25) is 0 Å². The number of Topliss-reactive ketones (excluding diaryl/α,β-unsaturated/α-hetero) is 1. The molecule has 0 aromatic heterocycles. The van der Waals surface area contributed by atoms with E-state index in [1.54, 1.807) is 4.90 Å². The average molecular weight is 361 g/mol. The molecule has 2 aromatic carbocycles. The monoisotopic (exact) mass is 361 g/mol. The Morgan fingerprint density at radius 3 is 2.26 bits per heavy atom. The summed E-state index contributed by atoms with van der Waals surface area (Å²) >= 11 is 0. The van der Waals surface area contributed by atoms with Gasteiger partial charge in [0.25, 0.3) is 0 Å². The van der Waals surface area contributed by atoms with Crippen LogP contribution in [-0.2, 0) is 16.1 Å². The summed E-state index contributed by atoms with van der Waals surface area (Å²) in [7, 11) is 0. The van der Waals surface area contributed by atoms with Crippen LogP contribution in [0.1, 0.15) is 30.4 Å². The first-order chi connectivity index (χ1) is 13.2. The summed E-state index contributed by atoms with van der Waals surface area (Å²) in [6.45, 7) is 1.54. The molecule has 0 radical (unpaired) electrons. The van der Waals surface area contributed by atoms with Gasteiger partial charge in [0.05, 0.1) is 0 Å². The minimum Gasteiger partial charge on any atom is -0.445 e. The molecule has 0 saturated carbocycles. The molecule has 4 heteroatoms. The molecule has 1 aliphatic heterocycles. The summed E-state index contributed by atoms with van der Waals surface area (Å²) in [6.07, 6.45) is 4.03. The summed E-state index contributed by atoms with van der Waals surface area (Å²) in [4.78, 5) is 26.7. The molecule has 0 unspecified atom stereocenters. The Labute approximate surface area is 159 Å². The van der Waals surface area contributed by atoms with E-state index >= 15 is 0 Å². The van der Waals surface area contributed by atoms with Crippen LogP contribution < -0.4 is 0 Å². The highest BCUT2D eigenvalue weighted by Gasteiger charge is 2.41. The second-order valence-corrected chi connectivity index (χ2v) is 7.41. The first-order valence-corrected chi connectivity index (χ1v) is 9.42. The molecule has 1 fully saturated rings. The molecule has 2 aliphatic rings. The van der Waals surface area contributed by atoms with E-state index < -0.39 is 0 Å². The third-order valence-corrected chi connectivity index (χ3v) is 5.57. The van der Waals surface area contributed by atoms with Crippen molar-refractivity contribution < 1.29 is 14.3 Å². The number of ketones is 1. The Hall–Kier alpha value is -2.88. The molecule has 1 amide bonds. The topological polar surface area (TPSA) is 46.6 Å². The van der Waals surface area contributed by atoms with Crippen molar-refractivity contribution >= 4 is 17.4 Å². The first kappa shape index (κ1) is 17.5. The lowest BCUT2D eigenvalue weighted by Gasteiger charge is -2.37. The normalized spacial score (nSPS) is 18.4. The summed E-state index contributed by atoms with van der Waals surface area (Å²) < 4.78 is 5.43. The Morgan fingerprint density at radius 1 is 0.963 bits per heavy atom. The highest BCUT2D eigenvalue weighted by Crippen LogP contribution is 2.45. The molecule has 1 spiro atoms. The third-order valence-electron chi connectivity index (χ3n) is 5.57. The molecule has 0 atom stereocenters. The standard InChI is InChI=1S/C23H23NO3/c25-21-16-23(15-20(21)19-9-5-2-6-10-19)11-13-24(14-12-23)22(26)27-17-18-7-3-1-4-8-18/h1-10,15H,11-14,16-17H2. The fraction of sp³-hybridized carbons (Fsp3) is 0.304. The van der Waals surface area contributed by atoms with Gasteiger partial charge in [0.2, 0.25) is 0 Å². The Balaban J connectivity index is 1.36. The second-order valence-electron chi connectivity index (χ2n) is 7.41. The summed E-state index contributed by atoms with van der Waals surface area (Å²) in [5, 5.41) is 0. The minimum atomic E-state index is -0.273. The van der Waals surface area contributed by atoms with Gasteiger partial charge in [-0.2, -0.15) is 0 Å². The number of carbonyl (C=O) groups is 2. The average Bonchev–Trinajstić information content (AvgIpc) is 3.04. The third kappa shape index (κ3) is 3.80. The van der Waals surface area contributed by atoms with Gasteiger partial charge in [-0.1, -0.05) is 66.7 Å². The van der Waals surface area contributed by atoms with Gasteiger partial charge in [0.1, 0.15) is 6.61 Å². The SMILES string of the molecule is O=C1CC2(C=C1c1ccccc1)CCN(C(=O)OCc1ccccc1)CC2. The zero-order valence-electron chi connectivity index (χ0n) is 15.3. The van der Waals surface area contributed by atoms with Gasteiger partial charge < -0.3 is 9.64 Å². The van der Waals surface area contributed by atoms with Crippen molar-refractivity contribution in [3.63, 3.8) is 0 Å². The van der Waals surface area contributed by atoms with Crippen LogP contribution in [0.5, 0.6) is 0 Å². The lowest BCUT2D eigenvalue weighted by Crippen LogP contribution is -2.42. The number of hydrogen-bond acceptors (Lipinski definition) is 3. The van der Waals surface area contributed by atoms with E-state index in [9.17, 15) is 9.59 Å². The van der Waals surface area contributed by atoms with E-state index in [0.29, 0.717) is 19.5 Å². The molecule has 0 bridgehead atoms. The number of likely N-dealkylation sites (tertiary alicyclic amines) is 1. The number of carbonyl (C=O) groups excluding carboxylic acids is 2. The smallest absolute Gasteiger partial charge is 0.410 e. The lowest BCUT2D eigenvalue weighted by molar-refractivity contribution is -0.114. The predicted molar refractivity (Wildman–Crippen MR) is 104 cm³/mol. The number of hydrogen-bond donors (Lipinski definition) is 0. The van der Waals surface area contributed by atoms with E-state index in [1.165, 1.54) is 0 Å². The Kier molecular flexibility index (Phi) is 4.80. The number of ether oxygens (including phenoxy) is 1. The Bertz CT molecular complexity index is 850. The first-order valence-electron chi connectivity index (χ1n) is 9.42. The molecular weight excluding hydrogens is 338 g/mol. The number of allylic oxidation sites excluding steroid dienone is 2. The van der Waals surface area contributed by atoms with Crippen LogP contribution in [0.3, 0.4) is 0 Å². The molecule has 4 rings (SSSR count). The van der Waals surface area contributed by atoms with E-state index in [-0.39, 0.29) is 23.9 Å². The maximum absolute atomic E-state index is 12.5. The molecule has 2 aromatic rings. The quantitative estimate of drug-likeness (QED) is 0.811. The van der Waals surface area contributed by atoms with Crippen molar-refractivity contribution in [1.29, 1.82) is 0 Å². The van der Waals surface area contributed by atoms with Crippen LogP contribution >= 0.6 is 0 Å². The fourth-order valence-electron chi connectivity index (χ4n) is 3.98. The van der Waals surface area contributed by atoms with Gasteiger partial charge >= 0.3 is 6.09 Å². The number of rotatable bonds is 3. The zero-order chi connectivity index (χ0) is 18.7. The molecule has 138 valence electrons. The molecule has 1 heterocycles. The van der Waals surface area contributed by atoms with Crippen LogP contribution in [0.15, 0.2) is 66.7 Å². The van der Waals surface area contributed by atoms with Crippen LogP contribution in [-0.4, -0.2) is 29.9 Å². The molecule has 27 heavy (non-hydrogen) atoms. The van der Waals surface area contributed by atoms with Crippen LogP contribution in [0.4, 0.5) is 4.79 Å². The summed E-state index contributed by atoms with van der Waals surface area (Å²) in [5.41, 5.74) is 2.69.